The Kier molecular flexibility index (Phi) is 3.91. The fourth-order valence-electron chi connectivity index (χ4n) is 3.14. The minimum atomic E-state index is -0.309. The van der Waals surface area contributed by atoms with E-state index >= 15 is 0 Å². The molecule has 2 aliphatic rings. The first-order chi connectivity index (χ1) is 12.1. The molecule has 2 N–H and O–H groups in total. The molecule has 1 atom stereocenters. The summed E-state index contributed by atoms with van der Waals surface area (Å²) >= 11 is 0. The number of benzene rings is 1. The number of rotatable bonds is 4. The lowest BCUT2D eigenvalue weighted by Crippen LogP contribution is -2.40. The SMILES string of the molecule is Cc1cnc(-c2cccc(NC(=O)N[C@H]3CC(=O)N(C4CC4)C3)c2)o1. The van der Waals surface area contributed by atoms with Crippen LogP contribution < -0.4 is 10.6 Å². The molecule has 130 valence electrons. The zero-order valence-corrected chi connectivity index (χ0v) is 14.0. The van der Waals surface area contributed by atoms with Crippen LogP contribution in [-0.2, 0) is 4.79 Å². The molecule has 0 bridgehead atoms. The van der Waals surface area contributed by atoms with Crippen molar-refractivity contribution >= 4 is 17.6 Å². The van der Waals surface area contributed by atoms with Crippen LogP contribution in [-0.4, -0.2) is 40.5 Å². The summed E-state index contributed by atoms with van der Waals surface area (Å²) in [5, 5.41) is 5.69. The molecule has 2 fully saturated rings. The third kappa shape index (κ3) is 3.50. The van der Waals surface area contributed by atoms with Crippen molar-refractivity contribution in [3.63, 3.8) is 0 Å². The van der Waals surface area contributed by atoms with Gasteiger partial charge in [-0.15, -0.1) is 0 Å². The number of aromatic nitrogens is 1. The van der Waals surface area contributed by atoms with Gasteiger partial charge in [0.25, 0.3) is 0 Å². The van der Waals surface area contributed by atoms with Crippen LogP contribution in [0.25, 0.3) is 11.5 Å². The summed E-state index contributed by atoms with van der Waals surface area (Å²) in [5.74, 6) is 1.38. The first-order valence-electron chi connectivity index (χ1n) is 8.48. The second-order valence-electron chi connectivity index (χ2n) is 6.63. The summed E-state index contributed by atoms with van der Waals surface area (Å²) in [7, 11) is 0. The summed E-state index contributed by atoms with van der Waals surface area (Å²) in [6.07, 6.45) is 4.19. The number of carbonyl (C=O) groups is 2. The van der Waals surface area contributed by atoms with Crippen molar-refractivity contribution in [2.24, 2.45) is 0 Å². The highest BCUT2D eigenvalue weighted by molar-refractivity contribution is 5.91. The number of likely N-dealkylation sites (tertiary alicyclic amines) is 1. The Morgan fingerprint density at radius 2 is 2.20 bits per heavy atom. The van der Waals surface area contributed by atoms with Gasteiger partial charge in [0, 0.05) is 30.3 Å². The molecule has 0 unspecified atom stereocenters. The van der Waals surface area contributed by atoms with Crippen molar-refractivity contribution in [2.75, 3.05) is 11.9 Å². The van der Waals surface area contributed by atoms with Gasteiger partial charge in [0.15, 0.2) is 0 Å². The third-order valence-corrected chi connectivity index (χ3v) is 4.47. The van der Waals surface area contributed by atoms with Crippen LogP contribution in [0.1, 0.15) is 25.0 Å². The Labute approximate surface area is 145 Å². The Bertz CT molecular complexity index is 812. The van der Waals surface area contributed by atoms with Crippen molar-refractivity contribution in [2.45, 2.75) is 38.3 Å². The molecule has 2 aromatic rings. The van der Waals surface area contributed by atoms with E-state index < -0.39 is 0 Å². The first-order valence-corrected chi connectivity index (χ1v) is 8.48. The Morgan fingerprint density at radius 3 is 2.92 bits per heavy atom. The van der Waals surface area contributed by atoms with Crippen molar-refractivity contribution < 1.29 is 14.0 Å². The zero-order valence-electron chi connectivity index (χ0n) is 14.0. The average molecular weight is 340 g/mol. The lowest BCUT2D eigenvalue weighted by atomic mass is 10.2. The van der Waals surface area contributed by atoms with E-state index in [2.05, 4.69) is 15.6 Å². The van der Waals surface area contributed by atoms with Gasteiger partial charge in [-0.1, -0.05) is 6.07 Å². The van der Waals surface area contributed by atoms with Crippen LogP contribution in [0, 0.1) is 6.92 Å². The highest BCUT2D eigenvalue weighted by Crippen LogP contribution is 2.30. The summed E-state index contributed by atoms with van der Waals surface area (Å²) in [4.78, 5) is 30.3. The highest BCUT2D eigenvalue weighted by Gasteiger charge is 2.39. The lowest BCUT2D eigenvalue weighted by Gasteiger charge is -2.16. The molecule has 7 nitrogen and oxygen atoms in total. The Morgan fingerprint density at radius 1 is 1.36 bits per heavy atom. The number of hydrogen-bond donors (Lipinski definition) is 2. The predicted molar refractivity (Wildman–Crippen MR) is 92.0 cm³/mol. The fraction of sp³-hybridized carbons (Fsp3) is 0.389. The van der Waals surface area contributed by atoms with Crippen LogP contribution in [0.2, 0.25) is 0 Å². The van der Waals surface area contributed by atoms with Gasteiger partial charge in [0.2, 0.25) is 11.8 Å². The number of oxazole rings is 1. The second kappa shape index (κ2) is 6.23. The van der Waals surface area contributed by atoms with Gasteiger partial charge < -0.3 is 20.0 Å². The van der Waals surface area contributed by atoms with Gasteiger partial charge in [-0.25, -0.2) is 9.78 Å². The maximum Gasteiger partial charge on any atom is 0.319 e. The quantitative estimate of drug-likeness (QED) is 0.895. The monoisotopic (exact) mass is 340 g/mol. The standard InChI is InChI=1S/C18H20N4O3/c1-11-9-19-17(25-11)12-3-2-4-13(7-12)20-18(24)21-14-8-16(23)22(10-14)15-5-6-15/h2-4,7,9,14-15H,5-6,8,10H2,1H3,(H2,20,21,24)/t14-/m0/s1. The van der Waals surface area contributed by atoms with Crippen molar-refractivity contribution in [1.82, 2.24) is 15.2 Å². The minimum Gasteiger partial charge on any atom is -0.441 e. The molecule has 0 spiro atoms. The van der Waals surface area contributed by atoms with E-state index in [4.69, 9.17) is 4.42 Å². The highest BCUT2D eigenvalue weighted by atomic mass is 16.4. The van der Waals surface area contributed by atoms with Gasteiger partial charge in [0.1, 0.15) is 5.76 Å². The van der Waals surface area contributed by atoms with Gasteiger partial charge in [0.05, 0.1) is 12.2 Å². The maximum atomic E-state index is 12.2. The molecule has 7 heteroatoms. The van der Waals surface area contributed by atoms with Crippen LogP contribution in [0.5, 0.6) is 0 Å². The Balaban J connectivity index is 1.37. The van der Waals surface area contributed by atoms with Crippen LogP contribution in [0.15, 0.2) is 34.9 Å². The summed E-state index contributed by atoms with van der Waals surface area (Å²) in [6, 6.07) is 7.26. The second-order valence-corrected chi connectivity index (χ2v) is 6.63. The normalized spacial score (nSPS) is 20.0. The largest absolute Gasteiger partial charge is 0.441 e. The summed E-state index contributed by atoms with van der Waals surface area (Å²) in [6.45, 7) is 2.44. The van der Waals surface area contributed by atoms with Crippen molar-refractivity contribution in [3.05, 3.63) is 36.2 Å². The molecule has 25 heavy (non-hydrogen) atoms. The van der Waals surface area contributed by atoms with E-state index in [0.717, 1.165) is 24.2 Å². The van der Waals surface area contributed by atoms with Crippen molar-refractivity contribution in [3.8, 4) is 11.5 Å². The lowest BCUT2D eigenvalue weighted by molar-refractivity contribution is -0.128. The summed E-state index contributed by atoms with van der Waals surface area (Å²) in [5.41, 5.74) is 1.44. The number of anilines is 1. The predicted octanol–water partition coefficient (Wildman–Crippen LogP) is 2.53. The molecular formula is C18H20N4O3. The number of hydrogen-bond acceptors (Lipinski definition) is 4. The molecule has 1 aromatic carbocycles. The number of nitrogens with zero attached hydrogens (tertiary/aromatic N) is 2. The molecule has 1 aliphatic carbocycles. The number of amides is 3. The zero-order chi connectivity index (χ0) is 17.4. The molecule has 3 amide bonds. The van der Waals surface area contributed by atoms with Crippen LogP contribution >= 0.6 is 0 Å². The topological polar surface area (TPSA) is 87.5 Å². The first kappa shape index (κ1) is 15.7. The van der Waals surface area contributed by atoms with Crippen molar-refractivity contribution in [1.29, 1.82) is 0 Å². The molecule has 2 heterocycles. The molecular weight excluding hydrogens is 320 g/mol. The molecule has 1 aromatic heterocycles. The number of urea groups is 1. The number of carbonyl (C=O) groups excluding carboxylic acids is 2. The molecule has 1 aliphatic heterocycles. The molecule has 1 saturated carbocycles. The van der Waals surface area contributed by atoms with Crippen LogP contribution in [0.4, 0.5) is 10.5 Å². The maximum absolute atomic E-state index is 12.2. The van der Waals surface area contributed by atoms with Gasteiger partial charge >= 0.3 is 6.03 Å². The molecule has 0 radical (unpaired) electrons. The average Bonchev–Trinajstić information content (AvgIpc) is 3.22. The van der Waals surface area contributed by atoms with E-state index in [0.29, 0.717) is 30.6 Å². The minimum absolute atomic E-state index is 0.133. The fourth-order valence-corrected chi connectivity index (χ4v) is 3.14. The van der Waals surface area contributed by atoms with E-state index in [1.54, 1.807) is 18.3 Å². The number of nitrogens with one attached hydrogen (secondary N) is 2. The van der Waals surface area contributed by atoms with Gasteiger partial charge in [-0.05, 0) is 38.0 Å². The van der Waals surface area contributed by atoms with E-state index in [9.17, 15) is 9.59 Å². The van der Waals surface area contributed by atoms with Gasteiger partial charge in [-0.2, -0.15) is 0 Å². The Hall–Kier alpha value is -2.83. The number of aryl methyl sites for hydroxylation is 1. The molecule has 1 saturated heterocycles. The summed E-state index contributed by atoms with van der Waals surface area (Å²) < 4.78 is 5.51. The van der Waals surface area contributed by atoms with Gasteiger partial charge in [-0.3, -0.25) is 4.79 Å². The third-order valence-electron chi connectivity index (χ3n) is 4.47. The molecule has 4 rings (SSSR count). The smallest absolute Gasteiger partial charge is 0.319 e. The van der Waals surface area contributed by atoms with E-state index in [1.807, 2.05) is 24.0 Å². The van der Waals surface area contributed by atoms with E-state index in [1.165, 1.54) is 0 Å². The van der Waals surface area contributed by atoms with Crippen LogP contribution in [0.3, 0.4) is 0 Å². The van der Waals surface area contributed by atoms with E-state index in [-0.39, 0.29) is 18.0 Å².